The van der Waals surface area contributed by atoms with Crippen LogP contribution in [0.2, 0.25) is 0 Å². The average molecular weight is 1700 g/mol. The monoisotopic (exact) mass is 1700 g/mol. The van der Waals surface area contributed by atoms with E-state index in [0.29, 0.717) is 64.4 Å². The summed E-state index contributed by atoms with van der Waals surface area (Å²) < 4.78 is 125. The van der Waals surface area contributed by atoms with Crippen molar-refractivity contribution in [3.8, 4) is 0 Å². The van der Waals surface area contributed by atoms with Gasteiger partial charge in [0.1, 0.15) is 54.4 Å². The fourth-order valence-corrected chi connectivity index (χ4v) is 25.0. The van der Waals surface area contributed by atoms with E-state index in [9.17, 15) is 14.7 Å². The molecule has 17 unspecified atom stereocenters. The third kappa shape index (κ3) is 17.3. The maximum atomic E-state index is 16.9. The maximum Gasteiger partial charge on any atom is 0.333 e. The van der Waals surface area contributed by atoms with Gasteiger partial charge in [0.25, 0.3) is 0 Å². The van der Waals surface area contributed by atoms with Gasteiger partial charge in [-0.25, -0.2) is 4.79 Å². The molecule has 7 heterocycles. The van der Waals surface area contributed by atoms with Crippen molar-refractivity contribution in [3.05, 3.63) is 119 Å². The first-order chi connectivity index (χ1) is 58.0. The number of carbonyl (C=O) groups excluding carboxylic acids is 2. The number of rotatable bonds is 26. The molecule has 122 heavy (non-hydrogen) atoms. The maximum absolute atomic E-state index is 16.9. The zero-order valence-corrected chi connectivity index (χ0v) is 76.3. The van der Waals surface area contributed by atoms with Crippen LogP contribution in [0.1, 0.15) is 212 Å². The van der Waals surface area contributed by atoms with E-state index in [4.69, 9.17) is 91.0 Å². The fourth-order valence-electron chi connectivity index (χ4n) is 25.0. The zero-order valence-electron chi connectivity index (χ0n) is 76.3. The molecule has 3 N–H and O–H groups in total. The number of esters is 1. The van der Waals surface area contributed by atoms with E-state index < -0.39 is 174 Å². The number of hydrogen-bond acceptors (Lipinski definition) is 22. The minimum absolute atomic E-state index is 0.0109. The van der Waals surface area contributed by atoms with E-state index in [1.54, 1.807) is 7.11 Å². The molecule has 0 bridgehead atoms. The third-order valence-corrected chi connectivity index (χ3v) is 33.5. The minimum Gasteiger partial charge on any atom is -0.479 e. The van der Waals surface area contributed by atoms with Gasteiger partial charge in [0, 0.05) is 42.7 Å². The van der Waals surface area contributed by atoms with Crippen LogP contribution in [0.5, 0.6) is 0 Å². The Morgan fingerprint density at radius 1 is 0.541 bits per heavy atom. The van der Waals surface area contributed by atoms with E-state index in [2.05, 4.69) is 103 Å². The van der Waals surface area contributed by atoms with Gasteiger partial charge < -0.3 is 101 Å². The molecule has 3 aromatic carbocycles. The van der Waals surface area contributed by atoms with Crippen LogP contribution in [0.4, 0.5) is 0 Å². The second-order valence-corrected chi connectivity index (χ2v) is 41.6. The molecule has 23 heteroatoms. The van der Waals surface area contributed by atoms with Crippen molar-refractivity contribution in [1.29, 1.82) is 0 Å². The SMILES string of the molecule is CCC1O[C@@H](OC2[C@H](O[C@H]3CCC4(C)C5CC=C6C7CC(C)(C)CC[C@]7(C(=O)O[C@@H]7OC(COCc8ccccc8)[C@H](N)C(C)C7O[C@@H]7OC(C)[C@H](O[C@@H]8OC[C@@H](OCc9ccccc9)C(OCc9ccccc9)C8C)C8OC(C)(C)OC87)C(OC)C[C@@]6(C)[C@@]5(C)CC[C@H]4[C@@]3(C)C=O)OC(C(=O)O)[C@@H](C)[C@@H]2O[C@@H]2OC[C@@H](C)[C@H](C)C2C)C(C)[C@@H](C)[C@H]1C. The number of carboxylic acid groups (broad SMARTS) is 1. The van der Waals surface area contributed by atoms with Gasteiger partial charge in [-0.15, -0.1) is 0 Å². The van der Waals surface area contributed by atoms with Gasteiger partial charge >= 0.3 is 11.9 Å². The van der Waals surface area contributed by atoms with E-state index in [1.165, 1.54) is 5.57 Å². The second-order valence-electron chi connectivity index (χ2n) is 41.6. The van der Waals surface area contributed by atoms with Crippen molar-refractivity contribution >= 4 is 18.2 Å². The Labute approximate surface area is 725 Å². The number of ether oxygens (including phenoxy) is 18. The summed E-state index contributed by atoms with van der Waals surface area (Å²) in [5.74, 6) is -3.49. The van der Waals surface area contributed by atoms with Gasteiger partial charge in [-0.2, -0.15) is 0 Å². The predicted molar refractivity (Wildman–Crippen MR) is 454 cm³/mol. The van der Waals surface area contributed by atoms with E-state index in [-0.39, 0.29) is 83.4 Å². The summed E-state index contributed by atoms with van der Waals surface area (Å²) in [5, 5.41) is 11.1. The second kappa shape index (κ2) is 36.7. The number of nitrogens with two attached hydrogens (primary N) is 1. The molecule has 38 atom stereocenters. The van der Waals surface area contributed by atoms with E-state index in [0.717, 1.165) is 55.1 Å². The van der Waals surface area contributed by atoms with Gasteiger partial charge in [0.05, 0.1) is 81.7 Å². The molecule has 5 aliphatic carbocycles. The zero-order chi connectivity index (χ0) is 87.1. The highest BCUT2D eigenvalue weighted by atomic mass is 16.8. The smallest absolute Gasteiger partial charge is 0.333 e. The van der Waals surface area contributed by atoms with Gasteiger partial charge in [-0.05, 0) is 165 Å². The van der Waals surface area contributed by atoms with Crippen LogP contribution in [0.3, 0.4) is 0 Å². The normalized spacial score (nSPS) is 46.6. The van der Waals surface area contributed by atoms with Gasteiger partial charge in [0.15, 0.2) is 43.3 Å². The number of hydrogen-bond donors (Lipinski definition) is 2. The number of aliphatic carboxylic acids is 1. The highest BCUT2D eigenvalue weighted by molar-refractivity contribution is 5.80. The molecule has 15 rings (SSSR count). The van der Waals surface area contributed by atoms with Crippen LogP contribution in [-0.4, -0.2) is 185 Å². The summed E-state index contributed by atoms with van der Waals surface area (Å²) in [4.78, 5) is 45.2. The Balaban J connectivity index is 0.700. The largest absolute Gasteiger partial charge is 0.479 e. The van der Waals surface area contributed by atoms with Gasteiger partial charge in [0.2, 0.25) is 6.29 Å². The number of aldehydes is 1. The molecule has 3 aromatic rings. The molecular weight excluding hydrogens is 1560 g/mol. The lowest BCUT2D eigenvalue weighted by molar-refractivity contribution is -0.375. The lowest BCUT2D eigenvalue weighted by Gasteiger charge is -2.71. The molecule has 0 radical (unpaired) electrons. The topological polar surface area (TPSA) is 264 Å². The third-order valence-electron chi connectivity index (χ3n) is 33.5. The summed E-state index contributed by atoms with van der Waals surface area (Å²) in [6.07, 6.45) is -5.36. The van der Waals surface area contributed by atoms with Crippen LogP contribution >= 0.6 is 0 Å². The summed E-state index contributed by atoms with van der Waals surface area (Å²) >= 11 is 0. The molecule has 0 amide bonds. The summed E-state index contributed by atoms with van der Waals surface area (Å²) in [6, 6.07) is 29.5. The molecule has 4 saturated carbocycles. The number of fused-ring (bicyclic) bond motifs is 8. The quantitative estimate of drug-likeness (QED) is 0.0327. The Kier molecular flexibility index (Phi) is 27.7. The molecule has 0 aromatic heterocycles. The van der Waals surface area contributed by atoms with Crippen molar-refractivity contribution in [1.82, 2.24) is 0 Å². The van der Waals surface area contributed by atoms with E-state index in [1.807, 2.05) is 126 Å². The van der Waals surface area contributed by atoms with Crippen LogP contribution < -0.4 is 5.73 Å². The molecule has 7 saturated heterocycles. The fraction of sp³-hybridized carbons (Fsp3) is 0.768. The lowest BCUT2D eigenvalue weighted by atomic mass is 9.33. The minimum atomic E-state index is -1.32. The summed E-state index contributed by atoms with van der Waals surface area (Å²) in [5.41, 5.74) is 8.06. The van der Waals surface area contributed by atoms with Gasteiger partial charge in [-0.3, -0.25) is 4.79 Å². The standard InChI is InChI=1S/C99H145NO22/c1-21-69-57(5)56(4)59(7)88(112-69)119-83-78(115-86-58(6)55(3)54(2)47-109-86)61(9)79(85(102)103)116-90(83)114-74-40-41-95(16)72(96(74,17)53-101)39-42-97(18)73(95)38-37-67-68-45-93(12,13)43-44-99(68,75(105-20)46-98(67,97)19)92(104)120-89-80(60(8)76(100)70(113-89)51-106-48-64-31-25-22-26-32-64)117-91-84-82(121-94(14,15)122-84)81(63(11)111-91)118-87-62(10)77(108-50-66-35-29-24-30-36-66)71(52-110-87)107-49-65-33-27-23-28-34-65/h22-37,53-63,68-84,86-91H,21,38-52,100H2,1-20H3,(H,102,103)/t54-,55+,56+,57-,58?,59?,60?,61+,62?,63?,68?,69?,70?,71-,72-,73?,74+,75?,76-,77?,78+,79?,80?,81+,82?,83?,84?,86+,87+,88+,89+,90-,91+,95?,96-,97+,98-,99-/m1/s1. The molecule has 23 nitrogen and oxygen atoms in total. The molecule has 7 aliphatic heterocycles. The van der Waals surface area contributed by atoms with Gasteiger partial charge in [-0.1, -0.05) is 213 Å². The van der Waals surface area contributed by atoms with Crippen LogP contribution in [0.15, 0.2) is 103 Å². The Morgan fingerprint density at radius 3 is 1.80 bits per heavy atom. The number of methoxy groups -OCH3 is 1. The molecule has 0 spiro atoms. The van der Waals surface area contributed by atoms with Crippen molar-refractivity contribution in [2.24, 2.45) is 109 Å². The number of carboxylic acids is 1. The van der Waals surface area contributed by atoms with Crippen molar-refractivity contribution in [2.45, 2.75) is 351 Å². The Bertz CT molecular complexity index is 4040. The van der Waals surface area contributed by atoms with Crippen molar-refractivity contribution in [3.63, 3.8) is 0 Å². The number of benzene rings is 3. The number of carbonyl (C=O) groups is 3. The predicted octanol–water partition coefficient (Wildman–Crippen LogP) is 16.1. The average Bonchev–Trinajstić information content (AvgIpc) is 0.693. The lowest BCUT2D eigenvalue weighted by Crippen LogP contribution is -2.69. The van der Waals surface area contributed by atoms with Crippen LogP contribution in [0, 0.1) is 104 Å². The van der Waals surface area contributed by atoms with E-state index >= 15 is 4.79 Å². The molecule has 11 fully saturated rings. The molecular formula is C99H145NO22. The highest BCUT2D eigenvalue weighted by Crippen LogP contribution is 2.76. The first kappa shape index (κ1) is 92.0. The molecule has 12 aliphatic rings. The Morgan fingerprint density at radius 2 is 1.15 bits per heavy atom. The highest BCUT2D eigenvalue weighted by Gasteiger charge is 2.74. The van der Waals surface area contributed by atoms with Crippen LogP contribution in [0.25, 0.3) is 0 Å². The molecule has 678 valence electrons. The summed E-state index contributed by atoms with van der Waals surface area (Å²) in [6.45, 7) is 42.8. The van der Waals surface area contributed by atoms with Crippen LogP contribution in [-0.2, 0) is 119 Å². The van der Waals surface area contributed by atoms with Crippen molar-refractivity contribution in [2.75, 3.05) is 26.9 Å². The Hall–Kier alpha value is -4.71. The summed E-state index contributed by atoms with van der Waals surface area (Å²) in [7, 11) is 1.75. The number of allylic oxidation sites excluding steroid dienone is 2. The van der Waals surface area contributed by atoms with Crippen molar-refractivity contribution < 1.29 is 105 Å². The first-order valence-corrected chi connectivity index (χ1v) is 46.3. The first-order valence-electron chi connectivity index (χ1n) is 46.3.